The van der Waals surface area contributed by atoms with Crippen LogP contribution >= 0.6 is 11.6 Å². The molecule has 0 amide bonds. The van der Waals surface area contributed by atoms with Crippen molar-refractivity contribution >= 4 is 43.2 Å². The molecule has 1 saturated carbocycles. The number of sulfone groups is 1. The molecule has 0 atom stereocenters. The van der Waals surface area contributed by atoms with E-state index in [4.69, 9.17) is 11.6 Å². The number of aromatic amines is 1. The van der Waals surface area contributed by atoms with Crippen LogP contribution in [0.15, 0.2) is 62.0 Å². The number of hydrogen-bond acceptors (Lipinski definition) is 5. The molecule has 2 heterocycles. The number of H-pyrrole nitrogens is 1. The topological polar surface area (TPSA) is 114 Å². The second-order valence-electron chi connectivity index (χ2n) is 7.51. The number of fused-ring (bicyclic) bond motifs is 2. The highest BCUT2D eigenvalue weighted by atomic mass is 35.5. The van der Waals surface area contributed by atoms with Gasteiger partial charge in [0.1, 0.15) is 6.17 Å². The number of benzene rings is 2. The molecular weight excluding hydrogens is 449 g/mol. The van der Waals surface area contributed by atoms with E-state index in [2.05, 4.69) is 4.98 Å². The lowest BCUT2D eigenvalue weighted by molar-refractivity contribution is 0.140. The van der Waals surface area contributed by atoms with Gasteiger partial charge in [-0.05, 0) is 48.6 Å². The first-order chi connectivity index (χ1) is 14.7. The van der Waals surface area contributed by atoms with Crippen LogP contribution in [0.5, 0.6) is 0 Å². The van der Waals surface area contributed by atoms with Crippen LogP contribution in [-0.4, -0.2) is 34.1 Å². The Hall–Kier alpha value is -3.11. The number of hydrogen-bond donors (Lipinski definition) is 2. The Bertz CT molecular complexity index is 1600. The molecule has 1 aliphatic rings. The van der Waals surface area contributed by atoms with Gasteiger partial charge in [0.05, 0.1) is 25.7 Å². The zero-order chi connectivity index (χ0) is 22.1. The summed E-state index contributed by atoms with van der Waals surface area (Å²) >= 11 is 6.03. The third kappa shape index (κ3) is 2.89. The maximum atomic E-state index is 13.4. The van der Waals surface area contributed by atoms with Gasteiger partial charge < -0.3 is 14.8 Å². The van der Waals surface area contributed by atoms with Gasteiger partial charge in [-0.15, -0.1) is 0 Å². The molecule has 11 heteroatoms. The number of halogens is 2. The minimum Gasteiger partial charge on any atom is -0.421 e. The van der Waals surface area contributed by atoms with Gasteiger partial charge >= 0.3 is 5.69 Å². The molecule has 0 unspecified atom stereocenters. The molecule has 1 fully saturated rings. The first-order valence-corrected chi connectivity index (χ1v) is 11.2. The van der Waals surface area contributed by atoms with Gasteiger partial charge in [-0.25, -0.2) is 17.6 Å². The molecule has 0 bridgehead atoms. The molecule has 31 heavy (non-hydrogen) atoms. The Kier molecular flexibility index (Phi) is 4.28. The van der Waals surface area contributed by atoms with E-state index in [1.807, 2.05) is 10.6 Å². The number of nitrogens with zero attached hydrogens (tertiary/aromatic N) is 2. The lowest BCUT2D eigenvalue weighted by atomic mass is 9.90. The predicted molar refractivity (Wildman–Crippen MR) is 112 cm³/mol. The SMILES string of the molecule is O=c1[nH]c2c(S(=O)(=O)c3ccc4ccn([C@H]5C[C@H](F)C5)c4c3)ccc(Cl)c2c(=O)n1O. The summed E-state index contributed by atoms with van der Waals surface area (Å²) in [6.45, 7) is 0. The molecule has 2 N–H and O–H groups in total. The van der Waals surface area contributed by atoms with Gasteiger partial charge in [0.15, 0.2) is 0 Å². The summed E-state index contributed by atoms with van der Waals surface area (Å²) in [7, 11) is -4.19. The summed E-state index contributed by atoms with van der Waals surface area (Å²) in [5, 5.41) is 9.95. The van der Waals surface area contributed by atoms with Crippen molar-refractivity contribution in [1.29, 1.82) is 0 Å². The summed E-state index contributed by atoms with van der Waals surface area (Å²) in [6, 6.07) is 8.76. The van der Waals surface area contributed by atoms with Crippen LogP contribution in [0.25, 0.3) is 21.8 Å². The van der Waals surface area contributed by atoms with Gasteiger partial charge in [-0.2, -0.15) is 0 Å². The van der Waals surface area contributed by atoms with Crippen LogP contribution in [-0.2, 0) is 9.84 Å². The molecule has 4 aromatic rings. The van der Waals surface area contributed by atoms with Crippen LogP contribution in [0, 0.1) is 0 Å². The van der Waals surface area contributed by atoms with Crippen LogP contribution < -0.4 is 11.2 Å². The normalized spacial score (nSPS) is 19.0. The zero-order valence-corrected chi connectivity index (χ0v) is 17.3. The number of aromatic nitrogens is 3. The van der Waals surface area contributed by atoms with Crippen molar-refractivity contribution in [3.8, 4) is 0 Å². The molecule has 0 aliphatic heterocycles. The molecule has 0 radical (unpaired) electrons. The van der Waals surface area contributed by atoms with Crippen molar-refractivity contribution in [2.75, 3.05) is 0 Å². The molecule has 0 spiro atoms. The van der Waals surface area contributed by atoms with Crippen LogP contribution in [0.3, 0.4) is 0 Å². The maximum absolute atomic E-state index is 13.4. The summed E-state index contributed by atoms with van der Waals surface area (Å²) in [4.78, 5) is 26.0. The van der Waals surface area contributed by atoms with E-state index in [0.29, 0.717) is 18.4 Å². The second-order valence-corrected chi connectivity index (χ2v) is 9.84. The van der Waals surface area contributed by atoms with Crippen LogP contribution in [0.1, 0.15) is 18.9 Å². The Balaban J connectivity index is 1.73. The van der Waals surface area contributed by atoms with E-state index < -0.39 is 27.3 Å². The summed E-state index contributed by atoms with van der Waals surface area (Å²) in [5.41, 5.74) is -1.97. The van der Waals surface area contributed by atoms with Crippen molar-refractivity contribution in [2.45, 2.75) is 34.8 Å². The van der Waals surface area contributed by atoms with E-state index in [1.165, 1.54) is 24.3 Å². The van der Waals surface area contributed by atoms with Crippen molar-refractivity contribution in [3.05, 3.63) is 68.5 Å². The Morgan fingerprint density at radius 3 is 2.58 bits per heavy atom. The third-order valence-corrected chi connectivity index (χ3v) is 7.80. The van der Waals surface area contributed by atoms with Crippen LogP contribution in [0.4, 0.5) is 4.39 Å². The average Bonchev–Trinajstić information content (AvgIpc) is 3.12. The average molecular weight is 464 g/mol. The van der Waals surface area contributed by atoms with Gasteiger partial charge in [-0.3, -0.25) is 4.79 Å². The molecule has 0 saturated heterocycles. The third-order valence-electron chi connectivity index (χ3n) is 5.69. The highest BCUT2D eigenvalue weighted by molar-refractivity contribution is 7.91. The number of alkyl halides is 1. The highest BCUT2D eigenvalue weighted by Gasteiger charge is 2.31. The molecule has 8 nitrogen and oxygen atoms in total. The van der Waals surface area contributed by atoms with E-state index in [0.717, 1.165) is 5.39 Å². The lowest BCUT2D eigenvalue weighted by Gasteiger charge is -2.31. The second kappa shape index (κ2) is 6.69. The fraction of sp³-hybridized carbons (Fsp3) is 0.200. The van der Waals surface area contributed by atoms with Gasteiger partial charge in [0.2, 0.25) is 9.84 Å². The van der Waals surface area contributed by atoms with Crippen molar-refractivity contribution < 1.29 is 18.0 Å². The Labute approximate surface area is 179 Å². The van der Waals surface area contributed by atoms with Crippen molar-refractivity contribution in [2.24, 2.45) is 0 Å². The number of rotatable bonds is 3. The molecule has 5 rings (SSSR count). The van der Waals surface area contributed by atoms with E-state index in [9.17, 15) is 27.6 Å². The largest absolute Gasteiger partial charge is 0.421 e. The Morgan fingerprint density at radius 1 is 1.13 bits per heavy atom. The lowest BCUT2D eigenvalue weighted by Crippen LogP contribution is -2.33. The first-order valence-electron chi connectivity index (χ1n) is 9.35. The van der Waals surface area contributed by atoms with Crippen molar-refractivity contribution in [3.63, 3.8) is 0 Å². The first kappa shape index (κ1) is 19.8. The fourth-order valence-electron chi connectivity index (χ4n) is 3.96. The molecule has 1 aliphatic carbocycles. The van der Waals surface area contributed by atoms with Gasteiger partial charge in [-0.1, -0.05) is 22.4 Å². The molecule has 160 valence electrons. The molecular formula is C20H15ClFN3O5S. The summed E-state index contributed by atoms with van der Waals surface area (Å²) in [5.74, 6) is 0. The smallest absolute Gasteiger partial charge is 0.362 e. The molecule has 2 aromatic heterocycles. The summed E-state index contributed by atoms with van der Waals surface area (Å²) < 4.78 is 41.9. The van der Waals surface area contributed by atoms with E-state index in [-0.39, 0.29) is 36.5 Å². The molecule has 2 aromatic carbocycles. The quantitative estimate of drug-likeness (QED) is 0.453. The predicted octanol–water partition coefficient (Wildman–Crippen LogP) is 3.04. The Morgan fingerprint density at radius 2 is 1.87 bits per heavy atom. The van der Waals surface area contributed by atoms with Gasteiger partial charge in [0, 0.05) is 17.8 Å². The minimum atomic E-state index is -4.19. The monoisotopic (exact) mass is 463 g/mol. The van der Waals surface area contributed by atoms with Gasteiger partial charge in [0.25, 0.3) is 5.56 Å². The van der Waals surface area contributed by atoms with Crippen LogP contribution in [0.2, 0.25) is 5.02 Å². The highest BCUT2D eigenvalue weighted by Crippen LogP contribution is 2.38. The number of nitrogens with one attached hydrogen (secondary N) is 1. The maximum Gasteiger partial charge on any atom is 0.362 e. The summed E-state index contributed by atoms with van der Waals surface area (Å²) in [6.07, 6.45) is 1.69. The fourth-order valence-corrected chi connectivity index (χ4v) is 5.64. The zero-order valence-electron chi connectivity index (χ0n) is 15.7. The standard InChI is InChI=1S/C20H15ClFN3O5S/c21-14-3-4-16(18-17(14)19(26)25(28)20(27)23-18)31(29,30)13-2-1-10-5-6-24(15(10)9-13)12-7-11(22)8-12/h1-6,9,11-12,28H,7-8H2,(H,23,27)/t11-,12-. The minimum absolute atomic E-state index is 0.0406. The van der Waals surface area contributed by atoms with E-state index >= 15 is 0 Å². The van der Waals surface area contributed by atoms with Crippen molar-refractivity contribution in [1.82, 2.24) is 14.3 Å². The van der Waals surface area contributed by atoms with E-state index in [1.54, 1.807) is 12.3 Å².